The van der Waals surface area contributed by atoms with E-state index in [1.165, 1.54) is 24.8 Å². The van der Waals surface area contributed by atoms with Crippen molar-refractivity contribution in [1.29, 1.82) is 0 Å². The predicted octanol–water partition coefficient (Wildman–Crippen LogP) is 3.35. The van der Waals surface area contributed by atoms with Crippen LogP contribution in [0.1, 0.15) is 50.5 Å². The smallest absolute Gasteiger partial charge is 0.336 e. The number of rotatable bonds is 9. The van der Waals surface area contributed by atoms with Gasteiger partial charge in [0.15, 0.2) is 5.60 Å². The van der Waals surface area contributed by atoms with Gasteiger partial charge in [-0.1, -0.05) is 29.3 Å². The van der Waals surface area contributed by atoms with E-state index in [0.717, 1.165) is 13.2 Å². The number of benzene rings is 1. The number of carboxylic acids is 3. The largest absolute Gasteiger partial charge is 0.481 e. The predicted molar refractivity (Wildman–Crippen MR) is 125 cm³/mol. The van der Waals surface area contributed by atoms with E-state index in [1.807, 2.05) is 6.07 Å². The molecule has 1 aromatic carbocycles. The lowest BCUT2D eigenvalue weighted by molar-refractivity contribution is -0.170. The Hall–Kier alpha value is -1.91. The highest BCUT2D eigenvalue weighted by molar-refractivity contribution is 6.42. The number of aliphatic hydroxyl groups is 1. The normalized spacial score (nSPS) is 24.3. The molecule has 0 amide bonds. The third-order valence-corrected chi connectivity index (χ3v) is 7.34. The van der Waals surface area contributed by atoms with Gasteiger partial charge in [-0.25, -0.2) is 4.79 Å². The second-order valence-corrected chi connectivity index (χ2v) is 9.60. The number of fused-ring (bicyclic) bond motifs is 2. The first kappa shape index (κ1) is 28.3. The molecule has 2 aliphatic heterocycles. The fourth-order valence-electron chi connectivity index (χ4n) is 4.90. The molecule has 0 aliphatic carbocycles. The van der Waals surface area contributed by atoms with Gasteiger partial charge in [-0.15, -0.1) is 0 Å². The number of hydrogen-bond acceptors (Lipinski definition) is 6. The minimum absolute atomic E-state index is 0.528. The molecule has 3 rings (SSSR count). The summed E-state index contributed by atoms with van der Waals surface area (Å²) in [6, 6.07) is 7.46. The third-order valence-electron chi connectivity index (χ3n) is 6.60. The van der Waals surface area contributed by atoms with Crippen molar-refractivity contribution in [3.8, 4) is 0 Å². The summed E-state index contributed by atoms with van der Waals surface area (Å²) >= 11 is 12.3. The van der Waals surface area contributed by atoms with Gasteiger partial charge < -0.3 is 30.1 Å². The van der Waals surface area contributed by atoms with Crippen molar-refractivity contribution in [2.45, 2.75) is 62.6 Å². The molecule has 0 aromatic heterocycles. The Balaban J connectivity index is 0.000000273. The maximum Gasteiger partial charge on any atom is 0.336 e. The molecule has 2 bridgehead atoms. The molecular weight excluding hydrogens is 489 g/mol. The third kappa shape index (κ3) is 7.05. The van der Waals surface area contributed by atoms with Crippen molar-refractivity contribution >= 4 is 41.1 Å². The maximum absolute atomic E-state index is 10.3. The number of hydrogen-bond donors (Lipinski definition) is 4. The quantitative estimate of drug-likeness (QED) is 0.385. The van der Waals surface area contributed by atoms with Gasteiger partial charge in [0.05, 0.1) is 29.5 Å². The molecule has 0 radical (unpaired) electrons. The molecule has 34 heavy (non-hydrogen) atoms. The molecule has 4 N–H and O–H groups in total. The van der Waals surface area contributed by atoms with E-state index >= 15 is 0 Å². The van der Waals surface area contributed by atoms with Crippen molar-refractivity contribution in [2.75, 3.05) is 20.3 Å². The van der Waals surface area contributed by atoms with Gasteiger partial charge in [0.2, 0.25) is 0 Å². The zero-order valence-electron chi connectivity index (χ0n) is 19.1. The summed E-state index contributed by atoms with van der Waals surface area (Å²) in [6.45, 7) is 3.69. The van der Waals surface area contributed by atoms with Crippen LogP contribution >= 0.6 is 23.2 Å². The SMILES string of the molecule is CCOC[C@@H]1[C@@H](c2ccc(Cl)c(Cl)c2)CC2CC[C@H]1N2C.O=C(O)CC(O)(CC(=O)O)C(=O)O. The van der Waals surface area contributed by atoms with E-state index in [2.05, 4.69) is 31.0 Å². The zero-order valence-corrected chi connectivity index (χ0v) is 20.6. The Kier molecular flexibility index (Phi) is 10.1. The van der Waals surface area contributed by atoms with Crippen molar-refractivity contribution in [2.24, 2.45) is 5.92 Å². The number of carbonyl (C=O) groups is 3. The van der Waals surface area contributed by atoms with Gasteiger partial charge in [-0.3, -0.25) is 9.59 Å². The van der Waals surface area contributed by atoms with E-state index in [4.69, 9.17) is 48.4 Å². The van der Waals surface area contributed by atoms with Gasteiger partial charge in [-0.2, -0.15) is 0 Å². The summed E-state index contributed by atoms with van der Waals surface area (Å²) in [5.74, 6) is -3.94. The molecule has 0 spiro atoms. The van der Waals surface area contributed by atoms with Crippen LogP contribution in [-0.2, 0) is 19.1 Å². The standard InChI is InChI=1S/C17H23Cl2NO.C6H8O7/c1-3-21-10-14-13(9-12-5-7-17(14)20(12)2)11-4-6-15(18)16(19)8-11;7-3(8)1-6(13,5(11)12)2-4(9)10/h4,6,8,12-14,17H,3,5,7,9-10H2,1-2H3;13H,1-2H2,(H,7,8)(H,9,10)(H,11,12)/t12?,13-,14-,17-;/m1./s1. The molecule has 1 unspecified atom stereocenters. The molecule has 11 heteroatoms. The van der Waals surface area contributed by atoms with Crippen LogP contribution in [0.15, 0.2) is 18.2 Å². The van der Waals surface area contributed by atoms with Gasteiger partial charge in [-0.05, 0) is 56.8 Å². The summed E-state index contributed by atoms with van der Waals surface area (Å²) in [4.78, 5) is 33.1. The maximum atomic E-state index is 10.3. The van der Waals surface area contributed by atoms with Gasteiger partial charge in [0.25, 0.3) is 0 Å². The Labute approximate surface area is 208 Å². The monoisotopic (exact) mass is 519 g/mol. The number of piperidine rings is 1. The number of ether oxygens (including phenoxy) is 1. The van der Waals surface area contributed by atoms with E-state index in [-0.39, 0.29) is 0 Å². The Bertz CT molecular complexity index is 880. The first-order valence-electron chi connectivity index (χ1n) is 11.0. The van der Waals surface area contributed by atoms with Crippen molar-refractivity contribution in [3.05, 3.63) is 33.8 Å². The number of carboxylic acid groups (broad SMARTS) is 3. The van der Waals surface area contributed by atoms with Crippen LogP contribution in [0, 0.1) is 5.92 Å². The molecule has 2 saturated heterocycles. The topological polar surface area (TPSA) is 145 Å². The Morgan fingerprint density at radius 1 is 1.09 bits per heavy atom. The van der Waals surface area contributed by atoms with Crippen molar-refractivity contribution in [1.82, 2.24) is 4.90 Å². The van der Waals surface area contributed by atoms with E-state index in [0.29, 0.717) is 34.0 Å². The van der Waals surface area contributed by atoms with Crippen LogP contribution in [0.5, 0.6) is 0 Å². The van der Waals surface area contributed by atoms with Gasteiger partial charge in [0.1, 0.15) is 0 Å². The molecule has 2 aliphatic rings. The van der Waals surface area contributed by atoms with Crippen molar-refractivity contribution in [3.63, 3.8) is 0 Å². The molecule has 2 fully saturated rings. The minimum Gasteiger partial charge on any atom is -0.481 e. The van der Waals surface area contributed by atoms with Crippen molar-refractivity contribution < 1.29 is 39.5 Å². The highest BCUT2D eigenvalue weighted by Gasteiger charge is 2.46. The first-order valence-corrected chi connectivity index (χ1v) is 11.8. The van der Waals surface area contributed by atoms with Gasteiger partial charge in [0, 0.05) is 24.6 Å². The average molecular weight is 520 g/mol. The van der Waals surface area contributed by atoms with Crippen LogP contribution in [0.4, 0.5) is 0 Å². The molecule has 2 heterocycles. The second kappa shape index (κ2) is 12.2. The lowest BCUT2D eigenvalue weighted by Gasteiger charge is -2.43. The summed E-state index contributed by atoms with van der Waals surface area (Å²) < 4.78 is 5.79. The fraction of sp³-hybridized carbons (Fsp3) is 0.609. The van der Waals surface area contributed by atoms with Crippen LogP contribution in [-0.4, -0.2) is 81.2 Å². The molecule has 9 nitrogen and oxygen atoms in total. The Morgan fingerprint density at radius 3 is 2.21 bits per heavy atom. The number of nitrogens with zero attached hydrogens (tertiary/aromatic N) is 1. The summed E-state index contributed by atoms with van der Waals surface area (Å²) in [5.41, 5.74) is -1.42. The number of aliphatic carboxylic acids is 3. The second-order valence-electron chi connectivity index (χ2n) is 8.78. The summed E-state index contributed by atoms with van der Waals surface area (Å²) in [7, 11) is 2.27. The highest BCUT2D eigenvalue weighted by Crippen LogP contribution is 2.46. The molecular formula is C23H31Cl2NO8. The van der Waals surface area contributed by atoms with E-state index < -0.39 is 36.4 Å². The molecule has 190 valence electrons. The summed E-state index contributed by atoms with van der Waals surface area (Å²) in [6.07, 6.45) is 1.50. The highest BCUT2D eigenvalue weighted by atomic mass is 35.5. The van der Waals surface area contributed by atoms with Crippen LogP contribution in [0.3, 0.4) is 0 Å². The molecule has 4 atom stereocenters. The average Bonchev–Trinajstić information content (AvgIpc) is 2.97. The lowest BCUT2D eigenvalue weighted by Crippen LogP contribution is -2.47. The molecule has 1 aromatic rings. The zero-order chi connectivity index (χ0) is 25.6. The van der Waals surface area contributed by atoms with E-state index in [9.17, 15) is 14.4 Å². The van der Waals surface area contributed by atoms with Crippen LogP contribution in [0.25, 0.3) is 0 Å². The fourth-order valence-corrected chi connectivity index (χ4v) is 5.21. The summed E-state index contributed by atoms with van der Waals surface area (Å²) in [5, 5.41) is 35.1. The lowest BCUT2D eigenvalue weighted by atomic mass is 9.76. The number of halogens is 2. The first-order chi connectivity index (χ1) is 15.9. The van der Waals surface area contributed by atoms with Crippen LogP contribution < -0.4 is 0 Å². The minimum atomic E-state index is -2.74. The van der Waals surface area contributed by atoms with Crippen LogP contribution in [0.2, 0.25) is 10.0 Å². The molecule has 0 saturated carbocycles. The van der Waals surface area contributed by atoms with Gasteiger partial charge >= 0.3 is 17.9 Å². The van der Waals surface area contributed by atoms with E-state index in [1.54, 1.807) is 0 Å². The Morgan fingerprint density at radius 2 is 1.71 bits per heavy atom.